The van der Waals surface area contributed by atoms with Crippen LogP contribution >= 0.6 is 0 Å². The highest BCUT2D eigenvalue weighted by Gasteiger charge is 2.24. The number of allylic oxidation sites excluding steroid dienone is 1. The summed E-state index contributed by atoms with van der Waals surface area (Å²) in [6.45, 7) is 1.63. The number of benzene rings is 1. The lowest BCUT2D eigenvalue weighted by atomic mass is 10.0. The number of anilines is 1. The number of nitrogens with zero attached hydrogens (tertiary/aromatic N) is 5. The second-order valence-electron chi connectivity index (χ2n) is 9.69. The van der Waals surface area contributed by atoms with E-state index in [4.69, 9.17) is 10.4 Å². The summed E-state index contributed by atoms with van der Waals surface area (Å²) in [6, 6.07) is 18.0. The summed E-state index contributed by atoms with van der Waals surface area (Å²) in [4.78, 5) is 7.88. The molecule has 0 radical (unpaired) electrons. The number of rotatable bonds is 8. The van der Waals surface area contributed by atoms with Gasteiger partial charge in [-0.3, -0.25) is 8.93 Å². The molecule has 1 fully saturated rings. The minimum absolute atomic E-state index is 0.188. The van der Waals surface area contributed by atoms with Gasteiger partial charge in [0.15, 0.2) is 0 Å². The molecule has 1 aromatic carbocycles. The Labute approximate surface area is 229 Å². The lowest BCUT2D eigenvalue weighted by Gasteiger charge is -2.36. The van der Waals surface area contributed by atoms with E-state index in [1.807, 2.05) is 60.9 Å². The van der Waals surface area contributed by atoms with E-state index in [1.165, 1.54) is 6.21 Å². The molecule has 1 saturated heterocycles. The second kappa shape index (κ2) is 11.2. The molecule has 10 heteroatoms. The Balaban J connectivity index is 1.35. The molecule has 0 aliphatic carbocycles. The minimum Gasteiger partial charge on any atom is -0.393 e. The first kappa shape index (κ1) is 26.3. The Morgan fingerprint density at radius 1 is 1.18 bits per heavy atom. The number of fused-ring (bicyclic) bond motifs is 1. The van der Waals surface area contributed by atoms with Crippen LogP contribution in [0, 0.1) is 16.7 Å². The van der Waals surface area contributed by atoms with Gasteiger partial charge in [-0.1, -0.05) is 18.2 Å². The standard InChI is InChI=1S/C29H32N8OS/c1-32-17-23(15-30)22-14-27(29-24(16-31)19-34-37(29)20-22)21-8-9-28(33-18-21)36-12-10-25(11-13-36)35-39(2,38)26-6-4-3-5-7-26/h3-9,14-15,17-20,25,30,32,39H,10-13H2,1-2H3,(H,35,38)/b23-17+,30-15?. The van der Waals surface area contributed by atoms with Crippen molar-refractivity contribution < 1.29 is 4.21 Å². The molecular weight excluding hydrogens is 508 g/mol. The largest absolute Gasteiger partial charge is 0.393 e. The maximum absolute atomic E-state index is 13.3. The zero-order valence-electron chi connectivity index (χ0n) is 22.0. The van der Waals surface area contributed by atoms with Crippen molar-refractivity contribution in [2.24, 2.45) is 0 Å². The SMILES string of the molecule is CN/C=C(\C=N)c1cc(-c2ccc(N3CCC(N[SH](C)(=O)c4ccccc4)CC3)nc2)c2c(C#N)cnn2c1. The minimum atomic E-state index is -2.62. The number of hydrogen-bond donors (Lipinski definition) is 4. The monoisotopic (exact) mass is 540 g/mol. The fourth-order valence-electron chi connectivity index (χ4n) is 5.05. The van der Waals surface area contributed by atoms with Crippen LogP contribution in [0.4, 0.5) is 5.82 Å². The summed E-state index contributed by atoms with van der Waals surface area (Å²) in [6.07, 6.45) is 11.8. The van der Waals surface area contributed by atoms with Gasteiger partial charge in [0.2, 0.25) is 0 Å². The normalized spacial score (nSPS) is 15.2. The number of aromatic nitrogens is 3. The zero-order valence-corrected chi connectivity index (χ0v) is 22.9. The maximum atomic E-state index is 13.3. The van der Waals surface area contributed by atoms with Crippen LogP contribution in [0.3, 0.4) is 0 Å². The van der Waals surface area contributed by atoms with Gasteiger partial charge in [-0.2, -0.15) is 10.4 Å². The van der Waals surface area contributed by atoms with Crippen molar-refractivity contribution >= 4 is 33.2 Å². The highest BCUT2D eigenvalue weighted by molar-refractivity contribution is 8.00. The van der Waals surface area contributed by atoms with Crippen molar-refractivity contribution in [1.29, 1.82) is 10.7 Å². The van der Waals surface area contributed by atoms with Crippen molar-refractivity contribution in [3.63, 3.8) is 0 Å². The summed E-state index contributed by atoms with van der Waals surface area (Å²) >= 11 is 0. The molecule has 39 heavy (non-hydrogen) atoms. The molecule has 9 nitrogen and oxygen atoms in total. The molecule has 1 aliphatic heterocycles. The van der Waals surface area contributed by atoms with E-state index >= 15 is 0 Å². The van der Waals surface area contributed by atoms with Gasteiger partial charge in [-0.05, 0) is 53.3 Å². The highest BCUT2D eigenvalue weighted by Crippen LogP contribution is 2.31. The quantitative estimate of drug-likeness (QED) is 0.200. The van der Waals surface area contributed by atoms with Crippen LogP contribution in [-0.2, 0) is 10.1 Å². The van der Waals surface area contributed by atoms with E-state index in [0.717, 1.165) is 53.3 Å². The van der Waals surface area contributed by atoms with Crippen LogP contribution in [0.1, 0.15) is 24.0 Å². The molecule has 0 saturated carbocycles. The predicted octanol–water partition coefficient (Wildman–Crippen LogP) is 3.66. The first-order chi connectivity index (χ1) is 18.9. The first-order valence-corrected chi connectivity index (χ1v) is 15.0. The fraction of sp³-hybridized carbons (Fsp3) is 0.241. The third-order valence-electron chi connectivity index (χ3n) is 7.08. The van der Waals surface area contributed by atoms with Crippen LogP contribution in [0.15, 0.2) is 78.2 Å². The molecule has 3 N–H and O–H groups in total. The van der Waals surface area contributed by atoms with Gasteiger partial charge in [0.25, 0.3) is 0 Å². The summed E-state index contributed by atoms with van der Waals surface area (Å²) < 4.78 is 18.4. The van der Waals surface area contributed by atoms with Gasteiger partial charge in [0.05, 0.1) is 17.3 Å². The Kier molecular flexibility index (Phi) is 7.54. The Morgan fingerprint density at radius 3 is 2.59 bits per heavy atom. The van der Waals surface area contributed by atoms with Crippen molar-refractivity contribution in [1.82, 2.24) is 24.6 Å². The van der Waals surface area contributed by atoms with Gasteiger partial charge in [0.1, 0.15) is 11.9 Å². The molecule has 0 amide bonds. The van der Waals surface area contributed by atoms with Gasteiger partial charge in [0, 0.05) is 84.4 Å². The van der Waals surface area contributed by atoms with Crippen LogP contribution < -0.4 is 14.9 Å². The predicted molar refractivity (Wildman–Crippen MR) is 157 cm³/mol. The van der Waals surface area contributed by atoms with Gasteiger partial charge >= 0.3 is 0 Å². The summed E-state index contributed by atoms with van der Waals surface area (Å²) in [7, 11) is -0.834. The summed E-state index contributed by atoms with van der Waals surface area (Å²) in [5.74, 6) is 0.886. The number of hydrogen-bond acceptors (Lipinski definition) is 7. The molecule has 5 rings (SSSR count). The highest BCUT2D eigenvalue weighted by atomic mass is 32.3. The number of nitrogens with one attached hydrogen (secondary N) is 3. The van der Waals surface area contributed by atoms with E-state index in [0.29, 0.717) is 16.7 Å². The van der Waals surface area contributed by atoms with Crippen molar-refractivity contribution in [2.75, 3.05) is 31.3 Å². The van der Waals surface area contributed by atoms with Gasteiger partial charge in [-0.15, -0.1) is 0 Å². The zero-order chi connectivity index (χ0) is 27.4. The van der Waals surface area contributed by atoms with E-state index in [1.54, 1.807) is 30.2 Å². The first-order valence-electron chi connectivity index (χ1n) is 12.9. The molecule has 0 bridgehead atoms. The molecule has 0 atom stereocenters. The Hall–Kier alpha value is -4.33. The average Bonchev–Trinajstić information content (AvgIpc) is 3.39. The fourth-order valence-corrected chi connectivity index (χ4v) is 6.90. The van der Waals surface area contributed by atoms with Gasteiger partial charge in [-0.25, -0.2) is 9.50 Å². The smallest absolute Gasteiger partial charge is 0.128 e. The van der Waals surface area contributed by atoms with Crippen LogP contribution in [0.5, 0.6) is 0 Å². The summed E-state index contributed by atoms with van der Waals surface area (Å²) in [5.41, 5.74) is 4.37. The van der Waals surface area contributed by atoms with Crippen LogP contribution in [0.25, 0.3) is 22.2 Å². The number of pyridine rings is 2. The molecule has 1 aliphatic rings. The second-order valence-corrected chi connectivity index (χ2v) is 12.3. The van der Waals surface area contributed by atoms with E-state index in [-0.39, 0.29) is 6.04 Å². The lowest BCUT2D eigenvalue weighted by molar-refractivity contribution is 0.468. The Morgan fingerprint density at radius 2 is 1.95 bits per heavy atom. The molecule has 4 aromatic rings. The summed E-state index contributed by atoms with van der Waals surface area (Å²) in [5, 5.41) is 24.8. The average molecular weight is 541 g/mol. The van der Waals surface area contributed by atoms with Crippen molar-refractivity contribution in [2.45, 2.75) is 23.8 Å². The topological polar surface area (TPSA) is 122 Å². The van der Waals surface area contributed by atoms with Crippen molar-refractivity contribution in [3.05, 3.63) is 84.4 Å². The van der Waals surface area contributed by atoms with E-state index < -0.39 is 10.1 Å². The molecule has 0 unspecified atom stereocenters. The third-order valence-corrected chi connectivity index (χ3v) is 9.22. The van der Waals surface area contributed by atoms with Crippen LogP contribution in [-0.4, -0.2) is 57.5 Å². The van der Waals surface area contributed by atoms with Crippen molar-refractivity contribution in [3.8, 4) is 17.2 Å². The molecule has 3 aromatic heterocycles. The van der Waals surface area contributed by atoms with E-state index in [9.17, 15) is 9.47 Å². The number of piperidine rings is 1. The molecule has 200 valence electrons. The van der Waals surface area contributed by atoms with Crippen LogP contribution in [0.2, 0.25) is 0 Å². The van der Waals surface area contributed by atoms with Gasteiger partial charge < -0.3 is 15.6 Å². The molecule has 0 spiro atoms. The molecular formula is C29H32N8OS. The third kappa shape index (κ3) is 5.46. The maximum Gasteiger partial charge on any atom is 0.128 e. The molecule has 4 heterocycles. The van der Waals surface area contributed by atoms with E-state index in [2.05, 4.69) is 26.1 Å². The number of thiol groups is 1. The lowest BCUT2D eigenvalue weighted by Crippen LogP contribution is -2.46. The number of nitriles is 1. The Bertz CT molecular complexity index is 1600.